The Balaban J connectivity index is 2.44. The van der Waals surface area contributed by atoms with Crippen molar-refractivity contribution in [2.75, 3.05) is 5.75 Å². The van der Waals surface area contributed by atoms with E-state index in [1.807, 2.05) is 0 Å². The molecule has 1 aliphatic rings. The Morgan fingerprint density at radius 3 is 2.88 bits per heavy atom. The number of hydrogen-bond donors (Lipinski definition) is 1. The molecule has 2 atom stereocenters. The van der Waals surface area contributed by atoms with Crippen LogP contribution in [0.25, 0.3) is 0 Å². The van der Waals surface area contributed by atoms with Crippen molar-refractivity contribution < 1.29 is 4.21 Å². The molecule has 0 aromatic heterocycles. The summed E-state index contributed by atoms with van der Waals surface area (Å²) in [4.78, 5) is 1.07. The van der Waals surface area contributed by atoms with Crippen LogP contribution in [0.1, 0.15) is 43.9 Å². The largest absolute Gasteiger partial charge is 0.308 e. The van der Waals surface area contributed by atoms with E-state index in [2.05, 4.69) is 44.3 Å². The number of benzene rings is 1. The summed E-state index contributed by atoms with van der Waals surface area (Å²) in [6.45, 7) is 6.39. The van der Waals surface area contributed by atoms with E-state index in [1.165, 1.54) is 11.1 Å². The van der Waals surface area contributed by atoms with Crippen LogP contribution in [0, 0.1) is 6.92 Å². The zero-order valence-corrected chi connectivity index (χ0v) is 11.6. The van der Waals surface area contributed by atoms with Gasteiger partial charge in [-0.1, -0.05) is 32.0 Å². The number of hydrogen-bond acceptors (Lipinski definition) is 2. The molecule has 0 saturated carbocycles. The Labute approximate surface area is 106 Å². The molecule has 0 fully saturated rings. The lowest BCUT2D eigenvalue weighted by Gasteiger charge is -2.22. The maximum absolute atomic E-state index is 12.2. The fourth-order valence-corrected chi connectivity index (χ4v) is 4.05. The third kappa shape index (κ3) is 2.78. The van der Waals surface area contributed by atoms with Crippen LogP contribution in [0.5, 0.6) is 0 Å². The topological polar surface area (TPSA) is 29.1 Å². The van der Waals surface area contributed by atoms with Crippen LogP contribution in [-0.4, -0.2) is 16.0 Å². The molecule has 1 N–H and O–H groups in total. The zero-order valence-electron chi connectivity index (χ0n) is 10.8. The molecule has 0 spiro atoms. The standard InChI is InChI=1S/C14H21NOS/c1-10(2)15-13-8-5-9-17(16)14-11(3)6-4-7-12(13)14/h4,6-7,10,13,15H,5,8-9H2,1-3H3. The highest BCUT2D eigenvalue weighted by molar-refractivity contribution is 7.85. The number of fused-ring (bicyclic) bond motifs is 1. The molecule has 1 aliphatic heterocycles. The smallest absolute Gasteiger partial charge is 0.0535 e. The molecular formula is C14H21NOS. The summed E-state index contributed by atoms with van der Waals surface area (Å²) in [7, 11) is -0.820. The van der Waals surface area contributed by atoms with Gasteiger partial charge in [-0.2, -0.15) is 0 Å². The average molecular weight is 251 g/mol. The summed E-state index contributed by atoms with van der Waals surface area (Å²) in [5, 5.41) is 3.59. The van der Waals surface area contributed by atoms with Gasteiger partial charge in [0.1, 0.15) is 0 Å². The maximum atomic E-state index is 12.2. The van der Waals surface area contributed by atoms with Crippen LogP contribution in [-0.2, 0) is 10.8 Å². The summed E-state index contributed by atoms with van der Waals surface area (Å²) in [5.74, 6) is 0.800. The Morgan fingerprint density at radius 1 is 1.41 bits per heavy atom. The van der Waals surface area contributed by atoms with Crippen LogP contribution in [0.15, 0.2) is 23.1 Å². The monoisotopic (exact) mass is 251 g/mol. The predicted octanol–water partition coefficient (Wildman–Crippen LogP) is 2.94. The summed E-state index contributed by atoms with van der Waals surface area (Å²) >= 11 is 0. The van der Waals surface area contributed by atoms with Crippen molar-refractivity contribution >= 4 is 10.8 Å². The summed E-state index contributed by atoms with van der Waals surface area (Å²) in [6, 6.07) is 7.09. The zero-order chi connectivity index (χ0) is 12.4. The molecule has 1 heterocycles. The van der Waals surface area contributed by atoms with Crippen LogP contribution in [0.4, 0.5) is 0 Å². The molecule has 1 aromatic carbocycles. The average Bonchev–Trinajstić information content (AvgIpc) is 2.40. The molecular weight excluding hydrogens is 230 g/mol. The highest BCUT2D eigenvalue weighted by Gasteiger charge is 2.23. The number of nitrogens with one attached hydrogen (secondary N) is 1. The molecule has 2 unspecified atom stereocenters. The molecule has 2 nitrogen and oxygen atoms in total. The van der Waals surface area contributed by atoms with E-state index in [4.69, 9.17) is 0 Å². The normalized spacial score (nSPS) is 24.5. The Hall–Kier alpha value is -0.670. The minimum absolute atomic E-state index is 0.358. The Bertz CT molecular complexity index is 428. The van der Waals surface area contributed by atoms with Crippen LogP contribution >= 0.6 is 0 Å². The van der Waals surface area contributed by atoms with Gasteiger partial charge >= 0.3 is 0 Å². The van der Waals surface area contributed by atoms with E-state index in [9.17, 15) is 4.21 Å². The molecule has 3 heteroatoms. The van der Waals surface area contributed by atoms with E-state index >= 15 is 0 Å². The lowest BCUT2D eigenvalue weighted by Crippen LogP contribution is -2.28. The van der Waals surface area contributed by atoms with Crippen molar-refractivity contribution in [1.29, 1.82) is 0 Å². The second-order valence-corrected chi connectivity index (χ2v) is 6.57. The highest BCUT2D eigenvalue weighted by atomic mass is 32.2. The number of aryl methyl sites for hydroxylation is 1. The van der Waals surface area contributed by atoms with Crippen molar-refractivity contribution in [3.8, 4) is 0 Å². The molecule has 0 amide bonds. The van der Waals surface area contributed by atoms with E-state index in [0.717, 1.165) is 23.5 Å². The second kappa shape index (κ2) is 5.32. The van der Waals surface area contributed by atoms with Gasteiger partial charge in [0, 0.05) is 22.7 Å². The molecule has 0 bridgehead atoms. The molecule has 0 radical (unpaired) electrons. The van der Waals surface area contributed by atoms with Gasteiger partial charge in [0.2, 0.25) is 0 Å². The van der Waals surface area contributed by atoms with E-state index in [1.54, 1.807) is 0 Å². The summed E-state index contributed by atoms with van der Waals surface area (Å²) in [6.07, 6.45) is 2.12. The molecule has 2 rings (SSSR count). The Morgan fingerprint density at radius 2 is 2.18 bits per heavy atom. The first-order valence-electron chi connectivity index (χ1n) is 6.33. The molecule has 94 valence electrons. The quantitative estimate of drug-likeness (QED) is 0.875. The summed E-state index contributed by atoms with van der Waals surface area (Å²) in [5.41, 5.74) is 2.41. The van der Waals surface area contributed by atoms with E-state index in [0.29, 0.717) is 12.1 Å². The SMILES string of the molecule is Cc1cccc2c1S(=O)CCCC2NC(C)C. The van der Waals surface area contributed by atoms with E-state index < -0.39 is 10.8 Å². The van der Waals surface area contributed by atoms with Gasteiger partial charge in [-0.05, 0) is 30.9 Å². The van der Waals surface area contributed by atoms with Gasteiger partial charge in [-0.3, -0.25) is 4.21 Å². The summed E-state index contributed by atoms with van der Waals surface area (Å²) < 4.78 is 12.2. The van der Waals surface area contributed by atoms with Crippen LogP contribution in [0.2, 0.25) is 0 Å². The van der Waals surface area contributed by atoms with Crippen molar-refractivity contribution in [3.05, 3.63) is 29.3 Å². The third-order valence-corrected chi connectivity index (χ3v) is 4.87. The Kier molecular flexibility index (Phi) is 4.00. The fourth-order valence-electron chi connectivity index (χ4n) is 2.51. The first kappa shape index (κ1) is 12.8. The van der Waals surface area contributed by atoms with Crippen LogP contribution in [0.3, 0.4) is 0 Å². The second-order valence-electron chi connectivity index (χ2n) is 5.06. The molecule has 17 heavy (non-hydrogen) atoms. The predicted molar refractivity (Wildman–Crippen MR) is 72.7 cm³/mol. The van der Waals surface area contributed by atoms with Gasteiger partial charge in [0.05, 0.1) is 10.8 Å². The third-order valence-electron chi connectivity index (χ3n) is 3.20. The minimum Gasteiger partial charge on any atom is -0.308 e. The lowest BCUT2D eigenvalue weighted by atomic mass is 10.00. The van der Waals surface area contributed by atoms with Gasteiger partial charge in [0.25, 0.3) is 0 Å². The lowest BCUT2D eigenvalue weighted by molar-refractivity contribution is 0.447. The number of rotatable bonds is 2. The maximum Gasteiger partial charge on any atom is 0.0535 e. The van der Waals surface area contributed by atoms with Gasteiger partial charge in [-0.15, -0.1) is 0 Å². The van der Waals surface area contributed by atoms with Gasteiger partial charge < -0.3 is 5.32 Å². The highest BCUT2D eigenvalue weighted by Crippen LogP contribution is 2.31. The fraction of sp³-hybridized carbons (Fsp3) is 0.571. The minimum atomic E-state index is -0.820. The van der Waals surface area contributed by atoms with Crippen molar-refractivity contribution in [2.45, 2.75) is 50.6 Å². The first-order chi connectivity index (χ1) is 8.09. The first-order valence-corrected chi connectivity index (χ1v) is 7.65. The molecule has 1 aromatic rings. The van der Waals surface area contributed by atoms with Gasteiger partial charge in [-0.25, -0.2) is 0 Å². The molecule has 0 saturated heterocycles. The molecule has 0 aliphatic carbocycles. The van der Waals surface area contributed by atoms with Crippen molar-refractivity contribution in [2.24, 2.45) is 0 Å². The van der Waals surface area contributed by atoms with Crippen molar-refractivity contribution in [3.63, 3.8) is 0 Å². The van der Waals surface area contributed by atoms with Crippen molar-refractivity contribution in [1.82, 2.24) is 5.32 Å². The van der Waals surface area contributed by atoms with Gasteiger partial charge in [0.15, 0.2) is 0 Å². The van der Waals surface area contributed by atoms with E-state index in [-0.39, 0.29) is 0 Å². The van der Waals surface area contributed by atoms with Crippen LogP contribution < -0.4 is 5.32 Å².